The number of aryl methyl sites for hydroxylation is 2. The van der Waals surface area contributed by atoms with Gasteiger partial charge < -0.3 is 14.4 Å². The first kappa shape index (κ1) is 22.6. The monoisotopic (exact) mass is 445 g/mol. The summed E-state index contributed by atoms with van der Waals surface area (Å²) in [4.78, 5) is 43.0. The lowest BCUT2D eigenvalue weighted by molar-refractivity contribution is -0.131. The van der Waals surface area contributed by atoms with Crippen molar-refractivity contribution >= 4 is 27.5 Å². The van der Waals surface area contributed by atoms with Gasteiger partial charge in [-0.05, 0) is 45.4 Å². The van der Waals surface area contributed by atoms with Crippen molar-refractivity contribution in [1.82, 2.24) is 14.0 Å². The van der Waals surface area contributed by atoms with Crippen molar-refractivity contribution in [2.24, 2.45) is 0 Å². The van der Waals surface area contributed by atoms with Crippen molar-refractivity contribution in [1.29, 1.82) is 0 Å². The van der Waals surface area contributed by atoms with Gasteiger partial charge in [0.25, 0.3) is 5.56 Å². The molecule has 1 amide bonds. The molecule has 9 heteroatoms. The number of carbonyl (C=O) groups excluding carboxylic acids is 1. The Morgan fingerprint density at radius 3 is 2.35 bits per heavy atom. The Balaban J connectivity index is 2.37. The van der Waals surface area contributed by atoms with Crippen LogP contribution in [0.1, 0.15) is 24.3 Å². The maximum Gasteiger partial charge on any atom is 0.337 e. The Bertz CT molecular complexity index is 1250. The fourth-order valence-electron chi connectivity index (χ4n) is 3.59. The molecule has 0 atom stereocenters. The molecule has 3 aromatic rings. The number of hydrogen-bond donors (Lipinski definition) is 0. The summed E-state index contributed by atoms with van der Waals surface area (Å²) < 4.78 is 13.1. The van der Waals surface area contributed by atoms with Gasteiger partial charge in [0.1, 0.15) is 22.9 Å². The predicted octanol–water partition coefficient (Wildman–Crippen LogP) is 2.72. The third-order valence-electron chi connectivity index (χ3n) is 5.49. The molecule has 2 aromatic heterocycles. The molecule has 0 fully saturated rings. The quantitative estimate of drug-likeness (QED) is 0.558. The Kier molecular flexibility index (Phi) is 6.54. The van der Waals surface area contributed by atoms with Crippen LogP contribution in [0.15, 0.2) is 27.8 Å². The highest BCUT2D eigenvalue weighted by molar-refractivity contribution is 7.18. The molecule has 0 bridgehead atoms. The van der Waals surface area contributed by atoms with E-state index in [0.29, 0.717) is 40.5 Å². The number of carbonyl (C=O) groups is 1. The van der Waals surface area contributed by atoms with E-state index in [1.807, 2.05) is 27.7 Å². The summed E-state index contributed by atoms with van der Waals surface area (Å²) in [6, 6.07) is 4.88. The number of likely N-dealkylation sites (N-methyl/N-ethyl adjacent to an activating group) is 1. The normalized spacial score (nSPS) is 11.0. The number of hydrogen-bond acceptors (Lipinski definition) is 6. The minimum absolute atomic E-state index is 0.144. The van der Waals surface area contributed by atoms with Gasteiger partial charge >= 0.3 is 5.69 Å². The number of thiophene rings is 1. The lowest BCUT2D eigenvalue weighted by Crippen LogP contribution is -2.42. The zero-order chi connectivity index (χ0) is 22.9. The zero-order valence-electron chi connectivity index (χ0n) is 18.6. The Hall–Kier alpha value is -3.07. The van der Waals surface area contributed by atoms with E-state index in [0.717, 1.165) is 15.0 Å². The van der Waals surface area contributed by atoms with Gasteiger partial charge in [0, 0.05) is 24.0 Å². The predicted molar refractivity (Wildman–Crippen MR) is 122 cm³/mol. The molecule has 1 aromatic carbocycles. The van der Waals surface area contributed by atoms with Gasteiger partial charge in [0.05, 0.1) is 25.3 Å². The minimum Gasteiger partial charge on any atom is -0.497 e. The highest BCUT2D eigenvalue weighted by atomic mass is 32.1. The molecule has 0 saturated heterocycles. The Morgan fingerprint density at radius 2 is 1.77 bits per heavy atom. The average Bonchev–Trinajstić information content (AvgIpc) is 3.06. The molecule has 31 heavy (non-hydrogen) atoms. The van der Waals surface area contributed by atoms with E-state index >= 15 is 0 Å². The number of nitrogens with zero attached hydrogens (tertiary/aromatic N) is 3. The highest BCUT2D eigenvalue weighted by Crippen LogP contribution is 2.29. The van der Waals surface area contributed by atoms with Crippen LogP contribution in [0.25, 0.3) is 15.9 Å². The van der Waals surface area contributed by atoms with Crippen molar-refractivity contribution in [3.8, 4) is 17.2 Å². The second-order valence-corrected chi connectivity index (χ2v) is 8.28. The van der Waals surface area contributed by atoms with E-state index in [9.17, 15) is 14.4 Å². The van der Waals surface area contributed by atoms with Gasteiger partial charge in [-0.25, -0.2) is 9.36 Å². The van der Waals surface area contributed by atoms with Gasteiger partial charge in [-0.15, -0.1) is 11.3 Å². The van der Waals surface area contributed by atoms with E-state index in [4.69, 9.17) is 9.47 Å². The summed E-state index contributed by atoms with van der Waals surface area (Å²) in [6.45, 7) is 8.48. The molecule has 0 aliphatic carbocycles. The molecule has 166 valence electrons. The molecular formula is C22H27N3O5S. The molecule has 0 unspecified atom stereocenters. The van der Waals surface area contributed by atoms with Crippen LogP contribution in [-0.2, 0) is 11.3 Å². The van der Waals surface area contributed by atoms with Gasteiger partial charge in [-0.1, -0.05) is 0 Å². The largest absolute Gasteiger partial charge is 0.497 e. The Labute approximate surface area is 184 Å². The van der Waals surface area contributed by atoms with Gasteiger partial charge in [0.15, 0.2) is 0 Å². The van der Waals surface area contributed by atoms with Crippen molar-refractivity contribution < 1.29 is 14.3 Å². The van der Waals surface area contributed by atoms with Crippen LogP contribution in [0.5, 0.6) is 11.5 Å². The second kappa shape index (κ2) is 8.97. The van der Waals surface area contributed by atoms with Crippen molar-refractivity contribution in [2.45, 2.75) is 34.2 Å². The van der Waals surface area contributed by atoms with Gasteiger partial charge in [-0.2, -0.15) is 0 Å². The molecule has 0 N–H and O–H groups in total. The van der Waals surface area contributed by atoms with E-state index in [1.54, 1.807) is 23.1 Å². The number of amides is 1. The van der Waals surface area contributed by atoms with Crippen LogP contribution < -0.4 is 20.7 Å². The van der Waals surface area contributed by atoms with Crippen LogP contribution in [0.4, 0.5) is 0 Å². The van der Waals surface area contributed by atoms with Crippen LogP contribution >= 0.6 is 11.3 Å². The number of aromatic nitrogens is 2. The molecule has 3 rings (SSSR count). The maximum absolute atomic E-state index is 13.6. The van der Waals surface area contributed by atoms with Crippen molar-refractivity contribution in [2.75, 3.05) is 27.3 Å². The number of rotatable bonds is 7. The summed E-state index contributed by atoms with van der Waals surface area (Å²) >= 11 is 1.35. The summed E-state index contributed by atoms with van der Waals surface area (Å²) in [5.74, 6) is 0.683. The van der Waals surface area contributed by atoms with E-state index in [-0.39, 0.29) is 12.5 Å². The molecule has 8 nitrogen and oxygen atoms in total. The lowest BCUT2D eigenvalue weighted by atomic mass is 10.2. The summed E-state index contributed by atoms with van der Waals surface area (Å²) in [7, 11) is 2.99. The zero-order valence-corrected chi connectivity index (χ0v) is 19.5. The lowest BCUT2D eigenvalue weighted by Gasteiger charge is -2.20. The molecule has 0 aliphatic rings. The van der Waals surface area contributed by atoms with Crippen molar-refractivity contribution in [3.63, 3.8) is 0 Å². The summed E-state index contributed by atoms with van der Waals surface area (Å²) in [5.41, 5.74) is 0.0855. The van der Waals surface area contributed by atoms with Crippen LogP contribution in [0.3, 0.4) is 0 Å². The number of benzene rings is 1. The minimum atomic E-state index is -0.581. The van der Waals surface area contributed by atoms with Crippen LogP contribution in [-0.4, -0.2) is 47.3 Å². The van der Waals surface area contributed by atoms with Gasteiger partial charge in [0.2, 0.25) is 5.91 Å². The van der Waals surface area contributed by atoms with Crippen LogP contribution in [0.2, 0.25) is 0 Å². The number of methoxy groups -OCH3 is 2. The summed E-state index contributed by atoms with van der Waals surface area (Å²) in [5, 5.41) is 0.437. The van der Waals surface area contributed by atoms with E-state index < -0.39 is 11.2 Å². The first-order chi connectivity index (χ1) is 14.8. The van der Waals surface area contributed by atoms with Gasteiger partial charge in [-0.3, -0.25) is 14.2 Å². The van der Waals surface area contributed by atoms with E-state index in [2.05, 4.69) is 0 Å². The number of ether oxygens (including phenoxy) is 2. The smallest absolute Gasteiger partial charge is 0.337 e. The maximum atomic E-state index is 13.6. The highest BCUT2D eigenvalue weighted by Gasteiger charge is 2.23. The standard InChI is InChI=1S/C22H27N3O5S/c1-7-23(8-2)18(26)12-24-21-19(13(3)14(4)31-21)20(27)25(22(24)28)16-10-9-15(29-5)11-17(16)30-6/h9-11H,7-8,12H2,1-6H3. The van der Waals surface area contributed by atoms with Crippen LogP contribution in [0, 0.1) is 13.8 Å². The fraction of sp³-hybridized carbons (Fsp3) is 0.409. The summed E-state index contributed by atoms with van der Waals surface area (Å²) in [6.07, 6.45) is 0. The third kappa shape index (κ3) is 3.85. The van der Waals surface area contributed by atoms with E-state index in [1.165, 1.54) is 30.1 Å². The first-order valence-electron chi connectivity index (χ1n) is 10.0. The fourth-order valence-corrected chi connectivity index (χ4v) is 4.73. The molecule has 0 saturated carbocycles. The molecule has 0 spiro atoms. The molecular weight excluding hydrogens is 418 g/mol. The topological polar surface area (TPSA) is 82.8 Å². The molecule has 0 aliphatic heterocycles. The second-order valence-electron chi connectivity index (χ2n) is 7.08. The first-order valence-corrected chi connectivity index (χ1v) is 10.9. The number of fused-ring (bicyclic) bond motifs is 1. The van der Waals surface area contributed by atoms with Crippen molar-refractivity contribution in [3.05, 3.63) is 49.5 Å². The Morgan fingerprint density at radius 1 is 1.10 bits per heavy atom. The molecule has 2 heterocycles. The third-order valence-corrected chi connectivity index (χ3v) is 6.72. The average molecular weight is 446 g/mol. The molecule has 0 radical (unpaired) electrons. The SMILES string of the molecule is CCN(CC)C(=O)Cn1c(=O)n(-c2ccc(OC)cc2OC)c(=O)c2c(C)c(C)sc21.